The second-order valence-corrected chi connectivity index (χ2v) is 5.18. The molecule has 0 spiro atoms. The van der Waals surface area contributed by atoms with Crippen molar-refractivity contribution in [3.8, 4) is 11.5 Å². The third kappa shape index (κ3) is 2.43. The summed E-state index contributed by atoms with van der Waals surface area (Å²) in [7, 11) is 0. The van der Waals surface area contributed by atoms with Gasteiger partial charge in [0.25, 0.3) is 0 Å². The Balaban J connectivity index is 1.82. The van der Waals surface area contributed by atoms with E-state index in [0.29, 0.717) is 13.2 Å². The predicted octanol–water partition coefficient (Wildman–Crippen LogP) is 3.31. The summed E-state index contributed by atoms with van der Waals surface area (Å²) in [6.07, 6.45) is 3.16. The molecule has 2 atom stereocenters. The van der Waals surface area contributed by atoms with Crippen LogP contribution in [0.4, 0.5) is 0 Å². The first-order valence-corrected chi connectivity index (χ1v) is 6.93. The maximum atomic E-state index is 6.47. The van der Waals surface area contributed by atoms with Crippen molar-refractivity contribution in [3.05, 3.63) is 23.8 Å². The number of rotatable bonds is 2. The van der Waals surface area contributed by atoms with Crippen molar-refractivity contribution in [1.82, 2.24) is 0 Å². The molecule has 0 amide bonds. The number of benzene rings is 1. The van der Waals surface area contributed by atoms with E-state index in [9.17, 15) is 0 Å². The maximum Gasteiger partial charge on any atom is 0.161 e. The molecule has 98 valence electrons. The van der Waals surface area contributed by atoms with E-state index < -0.39 is 0 Å². The van der Waals surface area contributed by atoms with Crippen LogP contribution in [0.5, 0.6) is 11.5 Å². The molecular weight excluding hydrogens is 252 g/mol. The van der Waals surface area contributed by atoms with E-state index in [1.165, 1.54) is 0 Å². The normalized spacial score (nSPS) is 24.6. The lowest BCUT2D eigenvalue weighted by atomic mass is 10.0. The SMILES string of the molecule is ClC(c1ccc2c(c1)OCCCO2)C1CCCO1. The van der Waals surface area contributed by atoms with E-state index in [1.807, 2.05) is 18.2 Å². The first-order valence-electron chi connectivity index (χ1n) is 6.50. The lowest BCUT2D eigenvalue weighted by Gasteiger charge is -2.18. The monoisotopic (exact) mass is 268 g/mol. The zero-order valence-electron chi connectivity index (χ0n) is 10.2. The Morgan fingerprint density at radius 3 is 2.67 bits per heavy atom. The molecule has 0 bridgehead atoms. The molecule has 1 saturated heterocycles. The van der Waals surface area contributed by atoms with Crippen molar-refractivity contribution in [2.75, 3.05) is 19.8 Å². The Morgan fingerprint density at radius 1 is 1.06 bits per heavy atom. The molecule has 2 aliphatic rings. The molecule has 0 aliphatic carbocycles. The Morgan fingerprint density at radius 2 is 1.89 bits per heavy atom. The van der Waals surface area contributed by atoms with E-state index in [4.69, 9.17) is 25.8 Å². The van der Waals surface area contributed by atoms with Crippen molar-refractivity contribution in [3.63, 3.8) is 0 Å². The minimum absolute atomic E-state index is 0.107. The van der Waals surface area contributed by atoms with Crippen LogP contribution in [0.2, 0.25) is 0 Å². The molecule has 2 aliphatic heterocycles. The second kappa shape index (κ2) is 5.37. The smallest absolute Gasteiger partial charge is 0.161 e. The Kier molecular flexibility index (Phi) is 3.62. The van der Waals surface area contributed by atoms with Gasteiger partial charge in [-0.3, -0.25) is 0 Å². The Bertz CT molecular complexity index is 416. The van der Waals surface area contributed by atoms with Gasteiger partial charge in [0.2, 0.25) is 0 Å². The van der Waals surface area contributed by atoms with Crippen LogP contribution in [0.25, 0.3) is 0 Å². The number of alkyl halides is 1. The number of ether oxygens (including phenoxy) is 3. The molecular formula is C14H17ClO3. The fourth-order valence-corrected chi connectivity index (χ4v) is 2.73. The fourth-order valence-electron chi connectivity index (χ4n) is 2.40. The molecule has 18 heavy (non-hydrogen) atoms. The quantitative estimate of drug-likeness (QED) is 0.770. The van der Waals surface area contributed by atoms with Crippen LogP contribution in [-0.2, 0) is 4.74 Å². The minimum atomic E-state index is -0.107. The van der Waals surface area contributed by atoms with Gasteiger partial charge in [-0.25, -0.2) is 0 Å². The van der Waals surface area contributed by atoms with Crippen molar-refractivity contribution in [2.24, 2.45) is 0 Å². The second-order valence-electron chi connectivity index (χ2n) is 4.71. The lowest BCUT2D eigenvalue weighted by Crippen LogP contribution is -2.12. The van der Waals surface area contributed by atoms with Crippen LogP contribution in [0, 0.1) is 0 Å². The summed E-state index contributed by atoms with van der Waals surface area (Å²) < 4.78 is 16.9. The molecule has 2 unspecified atom stereocenters. The molecule has 0 aromatic heterocycles. The van der Waals surface area contributed by atoms with Crippen LogP contribution < -0.4 is 9.47 Å². The highest BCUT2D eigenvalue weighted by molar-refractivity contribution is 6.21. The standard InChI is InChI=1S/C14H17ClO3/c15-14(12-3-1-6-17-12)10-4-5-11-13(9-10)18-8-2-7-16-11/h4-5,9,12,14H,1-3,6-8H2. The molecule has 1 aromatic carbocycles. The number of halogens is 1. The third-order valence-corrected chi connectivity index (χ3v) is 3.91. The maximum absolute atomic E-state index is 6.47. The van der Waals surface area contributed by atoms with Crippen molar-refractivity contribution < 1.29 is 14.2 Å². The molecule has 1 fully saturated rings. The van der Waals surface area contributed by atoms with E-state index in [0.717, 1.165) is 42.9 Å². The highest BCUT2D eigenvalue weighted by Crippen LogP contribution is 2.37. The molecule has 3 rings (SSSR count). The predicted molar refractivity (Wildman–Crippen MR) is 69.6 cm³/mol. The van der Waals surface area contributed by atoms with Crippen LogP contribution in [0.3, 0.4) is 0 Å². The zero-order chi connectivity index (χ0) is 12.4. The van der Waals surface area contributed by atoms with Gasteiger partial charge in [-0.2, -0.15) is 0 Å². The average molecular weight is 269 g/mol. The van der Waals surface area contributed by atoms with Gasteiger partial charge in [0.1, 0.15) is 0 Å². The van der Waals surface area contributed by atoms with Gasteiger partial charge in [0, 0.05) is 13.0 Å². The van der Waals surface area contributed by atoms with Crippen molar-refractivity contribution >= 4 is 11.6 Å². The average Bonchev–Trinajstić information content (AvgIpc) is 2.83. The van der Waals surface area contributed by atoms with Gasteiger partial charge in [0.15, 0.2) is 11.5 Å². The third-order valence-electron chi connectivity index (χ3n) is 3.38. The van der Waals surface area contributed by atoms with Gasteiger partial charge < -0.3 is 14.2 Å². The molecule has 0 N–H and O–H groups in total. The number of hydrogen-bond acceptors (Lipinski definition) is 3. The molecule has 3 nitrogen and oxygen atoms in total. The summed E-state index contributed by atoms with van der Waals surface area (Å²) in [5.74, 6) is 1.61. The Labute approximate surface area is 112 Å². The first kappa shape index (κ1) is 12.1. The van der Waals surface area contributed by atoms with Gasteiger partial charge >= 0.3 is 0 Å². The first-order chi connectivity index (χ1) is 8.84. The van der Waals surface area contributed by atoms with Crippen LogP contribution >= 0.6 is 11.6 Å². The van der Waals surface area contributed by atoms with Crippen LogP contribution in [0.1, 0.15) is 30.2 Å². The largest absolute Gasteiger partial charge is 0.490 e. The molecule has 0 saturated carbocycles. The summed E-state index contributed by atoms with van der Waals surface area (Å²) in [6, 6.07) is 5.94. The lowest BCUT2D eigenvalue weighted by molar-refractivity contribution is 0.107. The summed E-state index contributed by atoms with van der Waals surface area (Å²) in [5, 5.41) is -0.107. The number of fused-ring (bicyclic) bond motifs is 1. The highest BCUT2D eigenvalue weighted by atomic mass is 35.5. The molecule has 0 radical (unpaired) electrons. The summed E-state index contributed by atoms with van der Waals surface area (Å²) >= 11 is 6.47. The van der Waals surface area contributed by atoms with E-state index in [2.05, 4.69) is 0 Å². The van der Waals surface area contributed by atoms with E-state index in [1.54, 1.807) is 0 Å². The van der Waals surface area contributed by atoms with Crippen LogP contribution in [-0.4, -0.2) is 25.9 Å². The Hall–Kier alpha value is -0.930. The van der Waals surface area contributed by atoms with Gasteiger partial charge in [-0.15, -0.1) is 11.6 Å². The van der Waals surface area contributed by atoms with E-state index in [-0.39, 0.29) is 11.5 Å². The van der Waals surface area contributed by atoms with E-state index >= 15 is 0 Å². The topological polar surface area (TPSA) is 27.7 Å². The minimum Gasteiger partial charge on any atom is -0.490 e. The van der Waals surface area contributed by atoms with Gasteiger partial charge in [-0.1, -0.05) is 6.07 Å². The highest BCUT2D eigenvalue weighted by Gasteiger charge is 2.26. The summed E-state index contributed by atoms with van der Waals surface area (Å²) in [5.41, 5.74) is 1.05. The van der Waals surface area contributed by atoms with Crippen molar-refractivity contribution in [2.45, 2.75) is 30.7 Å². The number of hydrogen-bond donors (Lipinski definition) is 0. The van der Waals surface area contributed by atoms with Gasteiger partial charge in [-0.05, 0) is 30.5 Å². The molecule has 2 heterocycles. The van der Waals surface area contributed by atoms with Crippen molar-refractivity contribution in [1.29, 1.82) is 0 Å². The summed E-state index contributed by atoms with van der Waals surface area (Å²) in [4.78, 5) is 0. The zero-order valence-corrected chi connectivity index (χ0v) is 11.0. The van der Waals surface area contributed by atoms with Gasteiger partial charge in [0.05, 0.1) is 24.7 Å². The van der Waals surface area contributed by atoms with Crippen LogP contribution in [0.15, 0.2) is 18.2 Å². The molecule has 1 aromatic rings. The fraction of sp³-hybridized carbons (Fsp3) is 0.571. The molecule has 4 heteroatoms. The summed E-state index contributed by atoms with van der Waals surface area (Å²) in [6.45, 7) is 2.23.